The van der Waals surface area contributed by atoms with E-state index in [0.717, 1.165) is 38.6 Å². The van der Waals surface area contributed by atoms with Gasteiger partial charge in [0.05, 0.1) is 12.1 Å². The van der Waals surface area contributed by atoms with Gasteiger partial charge in [0.2, 0.25) is 5.91 Å². The second kappa shape index (κ2) is 9.08. The van der Waals surface area contributed by atoms with Crippen molar-refractivity contribution in [1.29, 1.82) is 0 Å². The molecule has 1 aliphatic carbocycles. The third-order valence-corrected chi connectivity index (χ3v) is 4.92. The first-order valence-electron chi connectivity index (χ1n) is 8.75. The van der Waals surface area contributed by atoms with E-state index in [1.165, 1.54) is 6.42 Å². The van der Waals surface area contributed by atoms with Crippen molar-refractivity contribution < 1.29 is 19.8 Å². The first kappa shape index (κ1) is 18.0. The Bertz CT molecular complexity index is 399. The largest absolute Gasteiger partial charge is 0.465 e. The molecule has 2 fully saturated rings. The van der Waals surface area contributed by atoms with Crippen LogP contribution in [0.2, 0.25) is 0 Å². The molecule has 1 heterocycles. The van der Waals surface area contributed by atoms with Gasteiger partial charge in [-0.25, -0.2) is 4.79 Å². The molecular formula is C16H29N3O4. The Labute approximate surface area is 137 Å². The maximum atomic E-state index is 12.5. The van der Waals surface area contributed by atoms with Crippen LogP contribution in [0, 0.1) is 5.92 Å². The Morgan fingerprint density at radius 2 is 1.87 bits per heavy atom. The molecule has 3 atom stereocenters. The lowest BCUT2D eigenvalue weighted by Gasteiger charge is -2.28. The summed E-state index contributed by atoms with van der Waals surface area (Å²) in [6.07, 6.45) is 5.94. The van der Waals surface area contributed by atoms with E-state index in [4.69, 9.17) is 5.11 Å². The molecule has 1 aliphatic heterocycles. The lowest BCUT2D eigenvalue weighted by molar-refractivity contribution is -0.125. The molecule has 23 heavy (non-hydrogen) atoms. The van der Waals surface area contributed by atoms with E-state index in [1.807, 2.05) is 0 Å². The summed E-state index contributed by atoms with van der Waals surface area (Å²) >= 11 is 0. The Morgan fingerprint density at radius 1 is 1.13 bits per heavy atom. The Morgan fingerprint density at radius 3 is 2.57 bits per heavy atom. The molecule has 2 aliphatic rings. The molecule has 2 unspecified atom stereocenters. The molecule has 7 heteroatoms. The number of rotatable bonds is 5. The Kier molecular flexibility index (Phi) is 7.11. The summed E-state index contributed by atoms with van der Waals surface area (Å²) in [7, 11) is 0. The molecule has 0 bridgehead atoms. The van der Waals surface area contributed by atoms with E-state index in [-0.39, 0.29) is 11.9 Å². The molecule has 7 nitrogen and oxygen atoms in total. The van der Waals surface area contributed by atoms with Crippen LogP contribution in [-0.2, 0) is 4.79 Å². The zero-order chi connectivity index (χ0) is 16.7. The van der Waals surface area contributed by atoms with Crippen LogP contribution < -0.4 is 16.0 Å². The second-order valence-electron chi connectivity index (χ2n) is 6.77. The van der Waals surface area contributed by atoms with Crippen molar-refractivity contribution in [3.05, 3.63) is 0 Å². The number of hydrogen-bond donors (Lipinski definition) is 5. The van der Waals surface area contributed by atoms with Gasteiger partial charge in [-0.1, -0.05) is 32.1 Å². The lowest BCUT2D eigenvalue weighted by atomic mass is 9.84. The predicted octanol–water partition coefficient (Wildman–Crippen LogP) is 0.822. The molecule has 2 amide bonds. The molecule has 0 aromatic carbocycles. The molecule has 5 N–H and O–H groups in total. The summed E-state index contributed by atoms with van der Waals surface area (Å²) in [5.41, 5.74) is 0. The van der Waals surface area contributed by atoms with Gasteiger partial charge >= 0.3 is 6.09 Å². The van der Waals surface area contributed by atoms with E-state index >= 15 is 0 Å². The fourth-order valence-corrected chi connectivity index (χ4v) is 3.62. The average molecular weight is 327 g/mol. The quantitative estimate of drug-likeness (QED) is 0.513. The molecule has 0 aromatic rings. The molecule has 0 radical (unpaired) electrons. The maximum Gasteiger partial charge on any atom is 0.405 e. The van der Waals surface area contributed by atoms with Gasteiger partial charge in [-0.2, -0.15) is 0 Å². The van der Waals surface area contributed by atoms with Crippen LogP contribution in [0.15, 0.2) is 0 Å². The van der Waals surface area contributed by atoms with Crippen molar-refractivity contribution in [3.63, 3.8) is 0 Å². The van der Waals surface area contributed by atoms with Gasteiger partial charge in [0, 0.05) is 6.54 Å². The van der Waals surface area contributed by atoms with Crippen LogP contribution in [0.4, 0.5) is 4.79 Å². The summed E-state index contributed by atoms with van der Waals surface area (Å²) < 4.78 is 0. The molecular weight excluding hydrogens is 298 g/mol. The summed E-state index contributed by atoms with van der Waals surface area (Å²) in [6.45, 7) is 1.27. The second-order valence-corrected chi connectivity index (χ2v) is 6.77. The van der Waals surface area contributed by atoms with E-state index < -0.39 is 18.2 Å². The van der Waals surface area contributed by atoms with Gasteiger partial charge in [0.15, 0.2) is 0 Å². The number of β-amino-alcohol motifs (C(OH)–C–C–N with tert-alkyl or cyclic N) is 1. The highest BCUT2D eigenvalue weighted by Crippen LogP contribution is 2.27. The summed E-state index contributed by atoms with van der Waals surface area (Å²) in [6, 6.07) is -1.05. The molecule has 0 aromatic heterocycles. The highest BCUT2D eigenvalue weighted by Gasteiger charge is 2.29. The number of nitrogens with one attached hydrogen (secondary N) is 3. The van der Waals surface area contributed by atoms with Crippen LogP contribution in [-0.4, -0.2) is 53.5 Å². The van der Waals surface area contributed by atoms with Crippen molar-refractivity contribution in [3.8, 4) is 0 Å². The average Bonchev–Trinajstić information content (AvgIpc) is 2.72. The highest BCUT2D eigenvalue weighted by atomic mass is 16.4. The number of amides is 2. The Balaban J connectivity index is 1.92. The minimum atomic E-state index is -1.18. The topological polar surface area (TPSA) is 111 Å². The fourth-order valence-electron chi connectivity index (χ4n) is 3.62. The normalized spacial score (nSPS) is 27.7. The number of carbonyl (C=O) groups excluding carboxylic acids is 1. The SMILES string of the molecule is O=C(O)N[C@@H](CC1CCCCC1)C(=O)NC1CCCNCC1O. The van der Waals surface area contributed by atoms with E-state index in [0.29, 0.717) is 25.3 Å². The van der Waals surface area contributed by atoms with Crippen molar-refractivity contribution in [2.24, 2.45) is 5.92 Å². The summed E-state index contributed by atoms with van der Waals surface area (Å²) in [4.78, 5) is 23.5. The lowest BCUT2D eigenvalue weighted by Crippen LogP contribution is -2.53. The molecule has 1 saturated heterocycles. The smallest absolute Gasteiger partial charge is 0.405 e. The highest BCUT2D eigenvalue weighted by molar-refractivity contribution is 5.85. The van der Waals surface area contributed by atoms with Gasteiger partial charge in [-0.05, 0) is 31.7 Å². The van der Waals surface area contributed by atoms with Gasteiger partial charge in [0.1, 0.15) is 6.04 Å². The number of aliphatic hydroxyl groups excluding tert-OH is 1. The first-order valence-corrected chi connectivity index (χ1v) is 8.75. The van der Waals surface area contributed by atoms with Crippen molar-refractivity contribution >= 4 is 12.0 Å². The van der Waals surface area contributed by atoms with Crippen molar-refractivity contribution in [2.45, 2.75) is 69.6 Å². The number of carbonyl (C=O) groups is 2. The molecule has 0 spiro atoms. The van der Waals surface area contributed by atoms with Gasteiger partial charge in [-0.15, -0.1) is 0 Å². The third-order valence-electron chi connectivity index (χ3n) is 4.92. The van der Waals surface area contributed by atoms with Crippen molar-refractivity contribution in [2.75, 3.05) is 13.1 Å². The molecule has 2 rings (SSSR count). The van der Waals surface area contributed by atoms with Crippen LogP contribution >= 0.6 is 0 Å². The monoisotopic (exact) mass is 327 g/mol. The minimum absolute atomic E-state index is 0.316. The van der Waals surface area contributed by atoms with E-state index in [1.54, 1.807) is 0 Å². The first-order chi connectivity index (χ1) is 11.1. The van der Waals surface area contributed by atoms with E-state index in [9.17, 15) is 14.7 Å². The maximum absolute atomic E-state index is 12.5. The predicted molar refractivity (Wildman–Crippen MR) is 86.2 cm³/mol. The third kappa shape index (κ3) is 5.99. The van der Waals surface area contributed by atoms with Crippen LogP contribution in [0.5, 0.6) is 0 Å². The van der Waals surface area contributed by atoms with Gasteiger partial charge in [-0.3, -0.25) is 4.79 Å². The molecule has 1 saturated carbocycles. The zero-order valence-corrected chi connectivity index (χ0v) is 13.6. The van der Waals surface area contributed by atoms with Crippen LogP contribution in [0.3, 0.4) is 0 Å². The number of carboxylic acid groups (broad SMARTS) is 1. The van der Waals surface area contributed by atoms with Gasteiger partial charge in [0.25, 0.3) is 0 Å². The Hall–Kier alpha value is -1.34. The van der Waals surface area contributed by atoms with Crippen LogP contribution in [0.25, 0.3) is 0 Å². The summed E-state index contributed by atoms with van der Waals surface area (Å²) in [5.74, 6) is 0.0796. The minimum Gasteiger partial charge on any atom is -0.465 e. The standard InChI is InChI=1S/C16H29N3O4/c20-14-10-17-8-4-7-12(14)18-15(21)13(19-16(22)23)9-11-5-2-1-3-6-11/h11-14,17,19-20H,1-10H2,(H,18,21)(H,22,23)/t12?,13-,14?/m0/s1. The van der Waals surface area contributed by atoms with Crippen LogP contribution in [0.1, 0.15) is 51.4 Å². The zero-order valence-electron chi connectivity index (χ0n) is 13.6. The number of hydrogen-bond acceptors (Lipinski definition) is 4. The molecule has 132 valence electrons. The van der Waals surface area contributed by atoms with Crippen molar-refractivity contribution in [1.82, 2.24) is 16.0 Å². The fraction of sp³-hybridized carbons (Fsp3) is 0.875. The number of aliphatic hydroxyl groups is 1. The summed E-state index contributed by atoms with van der Waals surface area (Å²) in [5, 5.41) is 27.4. The van der Waals surface area contributed by atoms with Gasteiger partial charge < -0.3 is 26.2 Å². The van der Waals surface area contributed by atoms with E-state index in [2.05, 4.69) is 16.0 Å².